The van der Waals surface area contributed by atoms with Gasteiger partial charge < -0.3 is 0 Å². The number of rotatable bonds is 9. The molecule has 3 heterocycles. The van der Waals surface area contributed by atoms with Crippen molar-refractivity contribution in [2.75, 3.05) is 0 Å². The standard InChI is InChI=1S/C59H61B3S3/c1-12-14-16-43-18-20-51-45(28-43)60(57-37(6)22-34(3)23-38(57)7)47-32-55-49(30-53(47)63-51)62(59-41(10)26-36(5)27-42(59)11)50-31-54-48(33-56(50)65-55)61(58-39(8)24-35(4)25-40(58)9)46-29-44(17-15-13-2)19-21-52(46)64-54/h18-33H,12-17H2,1-11H3. The van der Waals surface area contributed by atoms with Crippen molar-refractivity contribution in [3.63, 3.8) is 0 Å². The molecular formula is C59H61B3S3. The van der Waals surface area contributed by atoms with Crippen LogP contribution in [0.3, 0.4) is 0 Å². The van der Waals surface area contributed by atoms with Gasteiger partial charge >= 0.3 is 0 Å². The molecule has 324 valence electrons. The topological polar surface area (TPSA) is 0 Å². The normalized spacial score (nSPS) is 13.6. The van der Waals surface area contributed by atoms with E-state index in [1.54, 1.807) is 0 Å². The highest BCUT2D eigenvalue weighted by atomic mass is 32.2. The fraction of sp³-hybridized carbons (Fsp3) is 0.288. The van der Waals surface area contributed by atoms with E-state index in [0.717, 1.165) is 12.8 Å². The Bertz CT molecular complexity index is 2830. The lowest BCUT2D eigenvalue weighted by molar-refractivity contribution is 0.795. The van der Waals surface area contributed by atoms with Crippen molar-refractivity contribution in [1.82, 2.24) is 0 Å². The van der Waals surface area contributed by atoms with E-state index < -0.39 is 0 Å². The van der Waals surface area contributed by atoms with Crippen LogP contribution in [0.1, 0.15) is 101 Å². The van der Waals surface area contributed by atoms with Crippen molar-refractivity contribution in [2.45, 2.75) is 144 Å². The van der Waals surface area contributed by atoms with Gasteiger partial charge in [-0.15, -0.1) is 0 Å². The Morgan fingerprint density at radius 1 is 0.323 bits per heavy atom. The Morgan fingerprint density at radius 2 is 0.585 bits per heavy atom. The van der Waals surface area contributed by atoms with E-state index in [9.17, 15) is 0 Å². The number of aryl methyl sites for hydroxylation is 11. The Kier molecular flexibility index (Phi) is 12.2. The molecule has 0 unspecified atom stereocenters. The van der Waals surface area contributed by atoms with Crippen molar-refractivity contribution in [3.05, 3.63) is 158 Å². The first kappa shape index (κ1) is 44.6. The van der Waals surface area contributed by atoms with Gasteiger partial charge in [0.25, 0.3) is 0 Å². The average molecular weight is 899 g/mol. The van der Waals surface area contributed by atoms with Crippen molar-refractivity contribution in [1.29, 1.82) is 0 Å². The van der Waals surface area contributed by atoms with Crippen molar-refractivity contribution in [2.24, 2.45) is 0 Å². The van der Waals surface area contributed by atoms with Crippen LogP contribution in [0.15, 0.2) is 126 Å². The van der Waals surface area contributed by atoms with Gasteiger partial charge in [0.2, 0.25) is 20.1 Å². The molecule has 0 saturated heterocycles. The first-order valence-electron chi connectivity index (χ1n) is 24.2. The molecule has 0 aromatic heterocycles. The summed E-state index contributed by atoms with van der Waals surface area (Å²) < 4.78 is 0. The lowest BCUT2D eigenvalue weighted by atomic mass is 9.32. The van der Waals surface area contributed by atoms with Crippen LogP contribution in [0.25, 0.3) is 0 Å². The third kappa shape index (κ3) is 8.02. The summed E-state index contributed by atoms with van der Waals surface area (Å²) >= 11 is 6.03. The molecule has 10 rings (SSSR count). The van der Waals surface area contributed by atoms with Crippen LogP contribution in [0.5, 0.6) is 0 Å². The number of hydrogen-bond acceptors (Lipinski definition) is 3. The lowest BCUT2D eigenvalue weighted by Gasteiger charge is -2.35. The Hall–Kier alpha value is -4.22. The molecule has 0 bridgehead atoms. The highest BCUT2D eigenvalue weighted by Gasteiger charge is 2.41. The summed E-state index contributed by atoms with van der Waals surface area (Å²) in [5.74, 6) is 0. The molecule has 0 aliphatic carbocycles. The Balaban J connectivity index is 1.21. The van der Waals surface area contributed by atoms with Crippen LogP contribution in [-0.4, -0.2) is 20.1 Å². The molecule has 3 aliphatic rings. The second kappa shape index (κ2) is 17.8. The molecule has 7 aromatic carbocycles. The van der Waals surface area contributed by atoms with Gasteiger partial charge in [-0.3, -0.25) is 0 Å². The van der Waals surface area contributed by atoms with Gasteiger partial charge in [0.15, 0.2) is 0 Å². The maximum Gasteiger partial charge on any atom is 0.244 e. The van der Waals surface area contributed by atoms with Crippen LogP contribution in [0.2, 0.25) is 0 Å². The second-order valence-corrected chi connectivity index (χ2v) is 23.1. The fourth-order valence-electron chi connectivity index (χ4n) is 12.1. The first-order chi connectivity index (χ1) is 31.3. The fourth-order valence-corrected chi connectivity index (χ4v) is 15.6. The largest absolute Gasteiger partial charge is 0.244 e. The van der Waals surface area contributed by atoms with E-state index in [4.69, 9.17) is 0 Å². The van der Waals surface area contributed by atoms with Gasteiger partial charge in [-0.2, -0.15) is 0 Å². The zero-order valence-corrected chi connectivity index (χ0v) is 42.9. The summed E-state index contributed by atoms with van der Waals surface area (Å²) in [6.45, 7) is 25.9. The van der Waals surface area contributed by atoms with Crippen LogP contribution in [0.4, 0.5) is 0 Å². The van der Waals surface area contributed by atoms with E-state index in [1.165, 1.54) is 165 Å². The molecule has 7 aromatic rings. The SMILES string of the molecule is CCCCc1ccc2c(c1)B(c1c(C)cc(C)cc1C)c1cc3c(cc1S2)B(c1c(C)cc(C)cc1C)c1cc2c(cc1S3)B(c1c(C)cc(C)cc1C)c1cc(CCCC)ccc1S2. The van der Waals surface area contributed by atoms with E-state index >= 15 is 0 Å². The lowest BCUT2D eigenvalue weighted by Crippen LogP contribution is -2.61. The molecule has 65 heavy (non-hydrogen) atoms. The van der Waals surface area contributed by atoms with Crippen LogP contribution in [-0.2, 0) is 12.8 Å². The first-order valence-corrected chi connectivity index (χ1v) is 26.6. The summed E-state index contributed by atoms with van der Waals surface area (Å²) in [7, 11) is 0. The Labute approximate surface area is 404 Å². The van der Waals surface area contributed by atoms with Crippen LogP contribution >= 0.6 is 35.3 Å². The predicted octanol–water partition coefficient (Wildman–Crippen LogP) is 10.1. The van der Waals surface area contributed by atoms with E-state index in [-0.39, 0.29) is 20.1 Å². The number of fused-ring (bicyclic) bond motifs is 6. The van der Waals surface area contributed by atoms with Gasteiger partial charge in [0.1, 0.15) is 0 Å². The molecule has 0 amide bonds. The molecule has 0 saturated carbocycles. The highest BCUT2D eigenvalue weighted by Crippen LogP contribution is 2.39. The smallest absolute Gasteiger partial charge is 0.0912 e. The number of unbranched alkanes of at least 4 members (excludes halogenated alkanes) is 2. The monoisotopic (exact) mass is 898 g/mol. The third-order valence-corrected chi connectivity index (χ3v) is 18.2. The molecule has 0 spiro atoms. The van der Waals surface area contributed by atoms with Crippen LogP contribution < -0.4 is 49.2 Å². The van der Waals surface area contributed by atoms with E-state index in [1.807, 2.05) is 35.3 Å². The molecular weight excluding hydrogens is 837 g/mol. The third-order valence-electron chi connectivity index (χ3n) is 14.7. The Morgan fingerprint density at radius 3 is 0.862 bits per heavy atom. The summed E-state index contributed by atoms with van der Waals surface area (Å²) in [5.41, 5.74) is 28.5. The van der Waals surface area contributed by atoms with Crippen LogP contribution in [0, 0.1) is 62.3 Å². The van der Waals surface area contributed by atoms with Gasteiger partial charge in [-0.1, -0.05) is 246 Å². The second-order valence-electron chi connectivity index (χ2n) is 19.8. The predicted molar refractivity (Wildman–Crippen MR) is 291 cm³/mol. The maximum atomic E-state index is 2.65. The quantitative estimate of drug-likeness (QED) is 0.133. The summed E-state index contributed by atoms with van der Waals surface area (Å²) in [6.07, 6.45) is 7.11. The van der Waals surface area contributed by atoms with E-state index in [0.29, 0.717) is 0 Å². The van der Waals surface area contributed by atoms with Gasteiger partial charge in [0.05, 0.1) is 0 Å². The molecule has 0 fully saturated rings. The van der Waals surface area contributed by atoms with Crippen molar-refractivity contribution >= 4 is 105 Å². The number of benzene rings is 7. The number of hydrogen-bond donors (Lipinski definition) is 0. The van der Waals surface area contributed by atoms with E-state index in [2.05, 4.69) is 173 Å². The summed E-state index contributed by atoms with van der Waals surface area (Å²) in [4.78, 5) is 8.43. The minimum atomic E-state index is 0.122. The summed E-state index contributed by atoms with van der Waals surface area (Å²) in [6, 6.07) is 39.9. The minimum Gasteiger partial charge on any atom is -0.0912 e. The van der Waals surface area contributed by atoms with Crippen molar-refractivity contribution < 1.29 is 0 Å². The van der Waals surface area contributed by atoms with Gasteiger partial charge in [-0.05, 0) is 111 Å². The molecule has 6 heteroatoms. The highest BCUT2D eigenvalue weighted by molar-refractivity contribution is 8.01. The zero-order valence-electron chi connectivity index (χ0n) is 40.4. The van der Waals surface area contributed by atoms with Gasteiger partial charge in [0, 0.05) is 29.4 Å². The molecule has 0 atom stereocenters. The van der Waals surface area contributed by atoms with Gasteiger partial charge in [-0.25, -0.2) is 0 Å². The molecule has 3 aliphatic heterocycles. The molecule has 0 N–H and O–H groups in total. The minimum absolute atomic E-state index is 0.122. The summed E-state index contributed by atoms with van der Waals surface area (Å²) in [5, 5.41) is 0. The molecule has 0 nitrogen and oxygen atoms in total. The maximum absolute atomic E-state index is 2.65. The zero-order chi connectivity index (χ0) is 45.4. The van der Waals surface area contributed by atoms with Crippen molar-refractivity contribution in [3.8, 4) is 0 Å². The molecule has 0 radical (unpaired) electrons. The average Bonchev–Trinajstić information content (AvgIpc) is 3.25.